The number of unbranched alkanes of at least 4 members (excludes halogenated alkanes) is 3. The molecule has 0 spiro atoms. The van der Waals surface area contributed by atoms with E-state index in [0.717, 1.165) is 5.92 Å². The Hall–Kier alpha value is -1.56. The predicted octanol–water partition coefficient (Wildman–Crippen LogP) is 6.06. The summed E-state index contributed by atoms with van der Waals surface area (Å²) in [6.07, 6.45) is 9.28. The average molecular weight is 280 g/mol. The lowest BCUT2D eigenvalue weighted by Crippen LogP contribution is -1.99. The van der Waals surface area contributed by atoms with E-state index in [1.165, 1.54) is 56.1 Å². The van der Waals surface area contributed by atoms with Gasteiger partial charge in [-0.25, -0.2) is 0 Å². The maximum atomic E-state index is 2.39. The van der Waals surface area contributed by atoms with Crippen molar-refractivity contribution in [1.82, 2.24) is 0 Å². The summed E-state index contributed by atoms with van der Waals surface area (Å²) in [5.41, 5.74) is 2.96. The zero-order valence-electron chi connectivity index (χ0n) is 13.3. The highest BCUT2D eigenvalue weighted by atomic mass is 14.1. The molecule has 0 amide bonds. The second-order valence-corrected chi connectivity index (χ2v) is 6.23. The third-order valence-corrected chi connectivity index (χ3v) is 4.18. The van der Waals surface area contributed by atoms with E-state index in [0.29, 0.717) is 0 Å². The van der Waals surface area contributed by atoms with Crippen LogP contribution in [0.15, 0.2) is 60.7 Å². The Morgan fingerprint density at radius 1 is 0.667 bits per heavy atom. The number of hydrogen-bond acceptors (Lipinski definition) is 0. The maximum absolute atomic E-state index is 2.39. The highest BCUT2D eigenvalue weighted by Crippen LogP contribution is 2.16. The van der Waals surface area contributed by atoms with Gasteiger partial charge in [-0.3, -0.25) is 0 Å². The minimum Gasteiger partial charge on any atom is -0.0622 e. The van der Waals surface area contributed by atoms with E-state index < -0.39 is 0 Å². The lowest BCUT2D eigenvalue weighted by atomic mass is 9.95. The summed E-state index contributed by atoms with van der Waals surface area (Å²) in [5.74, 6) is 0.807. The van der Waals surface area contributed by atoms with Crippen LogP contribution in [0.1, 0.15) is 50.2 Å². The van der Waals surface area contributed by atoms with Gasteiger partial charge in [-0.2, -0.15) is 0 Å². The molecule has 0 aliphatic heterocycles. The van der Waals surface area contributed by atoms with Crippen molar-refractivity contribution in [2.75, 3.05) is 0 Å². The van der Waals surface area contributed by atoms with Gasteiger partial charge in [0.1, 0.15) is 0 Å². The van der Waals surface area contributed by atoms with Gasteiger partial charge < -0.3 is 0 Å². The van der Waals surface area contributed by atoms with Gasteiger partial charge in [0.25, 0.3) is 0 Å². The molecule has 2 rings (SSSR count). The molecule has 0 fully saturated rings. The Bertz CT molecular complexity index is 472. The molecule has 112 valence electrons. The molecule has 0 aliphatic carbocycles. The Morgan fingerprint density at radius 2 is 1.24 bits per heavy atom. The highest BCUT2D eigenvalue weighted by Gasteiger charge is 2.03. The van der Waals surface area contributed by atoms with Crippen molar-refractivity contribution < 1.29 is 0 Å². The topological polar surface area (TPSA) is 0 Å². The zero-order chi connectivity index (χ0) is 14.8. The maximum Gasteiger partial charge on any atom is -0.0253 e. The van der Waals surface area contributed by atoms with Crippen molar-refractivity contribution in [3.63, 3.8) is 0 Å². The fourth-order valence-corrected chi connectivity index (χ4v) is 2.94. The largest absolute Gasteiger partial charge is 0.0622 e. The van der Waals surface area contributed by atoms with Crippen molar-refractivity contribution in [3.05, 3.63) is 71.8 Å². The Balaban J connectivity index is 1.51. The molecule has 0 aliphatic rings. The number of rotatable bonds is 9. The van der Waals surface area contributed by atoms with E-state index in [1.807, 2.05) is 0 Å². The number of benzene rings is 2. The predicted molar refractivity (Wildman–Crippen MR) is 92.5 cm³/mol. The van der Waals surface area contributed by atoms with Crippen LogP contribution in [-0.4, -0.2) is 0 Å². The SMILES string of the molecule is CC(CCCCCCc1ccccc1)Cc1ccccc1. The van der Waals surface area contributed by atoms with Gasteiger partial charge in [0.15, 0.2) is 0 Å². The molecule has 0 radical (unpaired) electrons. The number of hydrogen-bond donors (Lipinski definition) is 0. The van der Waals surface area contributed by atoms with Crippen molar-refractivity contribution in [2.24, 2.45) is 5.92 Å². The summed E-state index contributed by atoms with van der Waals surface area (Å²) >= 11 is 0. The summed E-state index contributed by atoms with van der Waals surface area (Å²) in [6.45, 7) is 2.39. The highest BCUT2D eigenvalue weighted by molar-refractivity contribution is 5.15. The van der Waals surface area contributed by atoms with E-state index in [2.05, 4.69) is 67.6 Å². The number of aryl methyl sites for hydroxylation is 1. The van der Waals surface area contributed by atoms with Gasteiger partial charge >= 0.3 is 0 Å². The monoisotopic (exact) mass is 280 g/mol. The molecular formula is C21H28. The lowest BCUT2D eigenvalue weighted by Gasteiger charge is -2.11. The molecule has 0 heteroatoms. The summed E-state index contributed by atoms with van der Waals surface area (Å²) in [5, 5.41) is 0. The molecule has 0 nitrogen and oxygen atoms in total. The van der Waals surface area contributed by atoms with Gasteiger partial charge in [0, 0.05) is 0 Å². The van der Waals surface area contributed by atoms with Crippen LogP contribution in [0, 0.1) is 5.92 Å². The van der Waals surface area contributed by atoms with Crippen LogP contribution in [-0.2, 0) is 12.8 Å². The van der Waals surface area contributed by atoms with Gasteiger partial charge in [0.05, 0.1) is 0 Å². The van der Waals surface area contributed by atoms with Gasteiger partial charge in [0.2, 0.25) is 0 Å². The van der Waals surface area contributed by atoms with Crippen LogP contribution < -0.4 is 0 Å². The second-order valence-electron chi connectivity index (χ2n) is 6.23. The van der Waals surface area contributed by atoms with Crippen LogP contribution in [0.25, 0.3) is 0 Å². The molecule has 0 saturated heterocycles. The molecule has 0 bridgehead atoms. The van der Waals surface area contributed by atoms with Crippen LogP contribution in [0.4, 0.5) is 0 Å². The minimum absolute atomic E-state index is 0.807. The summed E-state index contributed by atoms with van der Waals surface area (Å²) in [7, 11) is 0. The van der Waals surface area contributed by atoms with E-state index in [1.54, 1.807) is 0 Å². The Morgan fingerprint density at radius 3 is 1.90 bits per heavy atom. The molecule has 21 heavy (non-hydrogen) atoms. The second kappa shape index (κ2) is 9.39. The van der Waals surface area contributed by atoms with Crippen molar-refractivity contribution in [1.29, 1.82) is 0 Å². The van der Waals surface area contributed by atoms with Crippen molar-refractivity contribution in [2.45, 2.75) is 51.9 Å². The first kappa shape index (κ1) is 15.8. The Kier molecular flexibility index (Phi) is 7.07. The standard InChI is InChI=1S/C21H28/c1-19(18-21-16-10-5-11-17-21)12-6-2-3-7-13-20-14-8-4-9-15-20/h4-5,8-11,14-17,19H,2-3,6-7,12-13,18H2,1H3. The fraction of sp³-hybridized carbons (Fsp3) is 0.429. The van der Waals surface area contributed by atoms with Crippen LogP contribution in [0.5, 0.6) is 0 Å². The molecule has 2 aromatic rings. The van der Waals surface area contributed by atoms with Crippen molar-refractivity contribution in [3.8, 4) is 0 Å². The van der Waals surface area contributed by atoms with Gasteiger partial charge in [-0.05, 0) is 36.3 Å². The smallest absolute Gasteiger partial charge is 0.0253 e. The average Bonchev–Trinajstić information content (AvgIpc) is 2.53. The zero-order valence-corrected chi connectivity index (χ0v) is 13.3. The van der Waals surface area contributed by atoms with Crippen molar-refractivity contribution >= 4 is 0 Å². The van der Waals surface area contributed by atoms with E-state index in [-0.39, 0.29) is 0 Å². The third-order valence-electron chi connectivity index (χ3n) is 4.18. The fourth-order valence-electron chi connectivity index (χ4n) is 2.94. The van der Waals surface area contributed by atoms with Gasteiger partial charge in [-0.15, -0.1) is 0 Å². The first-order valence-corrected chi connectivity index (χ1v) is 8.42. The van der Waals surface area contributed by atoms with Crippen LogP contribution in [0.3, 0.4) is 0 Å². The van der Waals surface area contributed by atoms with Gasteiger partial charge in [-0.1, -0.05) is 93.3 Å². The third kappa shape index (κ3) is 6.62. The summed E-state index contributed by atoms with van der Waals surface area (Å²) < 4.78 is 0. The van der Waals surface area contributed by atoms with Crippen LogP contribution in [0.2, 0.25) is 0 Å². The summed E-state index contributed by atoms with van der Waals surface area (Å²) in [6, 6.07) is 21.7. The molecule has 1 atom stereocenters. The molecule has 1 unspecified atom stereocenters. The molecule has 0 saturated carbocycles. The molecule has 0 heterocycles. The van der Waals surface area contributed by atoms with E-state index in [9.17, 15) is 0 Å². The molecule has 0 aromatic heterocycles. The Labute approximate surface area is 130 Å². The lowest BCUT2D eigenvalue weighted by molar-refractivity contribution is 0.484. The normalized spacial score (nSPS) is 12.2. The minimum atomic E-state index is 0.807. The van der Waals surface area contributed by atoms with Crippen LogP contribution >= 0.6 is 0 Å². The molecule has 2 aromatic carbocycles. The molecular weight excluding hydrogens is 252 g/mol. The van der Waals surface area contributed by atoms with E-state index in [4.69, 9.17) is 0 Å². The summed E-state index contributed by atoms with van der Waals surface area (Å²) in [4.78, 5) is 0. The first-order valence-electron chi connectivity index (χ1n) is 8.42. The molecule has 0 N–H and O–H groups in total. The first-order chi connectivity index (χ1) is 10.3. The quantitative estimate of drug-likeness (QED) is 0.490. The van der Waals surface area contributed by atoms with E-state index >= 15 is 0 Å².